The van der Waals surface area contributed by atoms with Crippen LogP contribution in [0.2, 0.25) is 0 Å². The van der Waals surface area contributed by atoms with Gasteiger partial charge < -0.3 is 66.3 Å². The maximum atomic E-state index is 14.5. The normalized spacial score (nSPS) is 18.6. The lowest BCUT2D eigenvalue weighted by atomic mass is 9.91. The molecule has 0 saturated carbocycles. The van der Waals surface area contributed by atoms with E-state index >= 15 is 0 Å². The van der Waals surface area contributed by atoms with Gasteiger partial charge in [0.1, 0.15) is 43.0 Å². The number of aliphatic hydroxyl groups is 1. The maximum absolute atomic E-state index is 14.5. The molecular formula is C78H100N16O14S. The van der Waals surface area contributed by atoms with E-state index < -0.39 is 54.1 Å². The smallest absolute Gasteiger partial charge is 0.415 e. The number of aromatic nitrogens is 4. The van der Waals surface area contributed by atoms with Crippen molar-refractivity contribution >= 4 is 82.0 Å². The predicted molar refractivity (Wildman–Crippen MR) is 408 cm³/mol. The van der Waals surface area contributed by atoms with E-state index in [1.54, 1.807) is 74.6 Å². The Bertz CT molecular complexity index is 4260. The zero-order valence-electron chi connectivity index (χ0n) is 62.8. The second-order valence-electron chi connectivity index (χ2n) is 29.6. The number of aliphatic hydroxyl groups excluding tert-OH is 1. The van der Waals surface area contributed by atoms with Crippen LogP contribution in [0.4, 0.5) is 26.8 Å². The molecule has 0 bridgehead atoms. The van der Waals surface area contributed by atoms with E-state index in [9.17, 15) is 53.4 Å². The Morgan fingerprint density at radius 1 is 0.789 bits per heavy atom. The van der Waals surface area contributed by atoms with Crippen LogP contribution in [-0.2, 0) is 44.9 Å². The summed E-state index contributed by atoms with van der Waals surface area (Å²) in [7, 11) is 0. The number of nitrogens with one attached hydrogen (secondary N) is 5. The van der Waals surface area contributed by atoms with Gasteiger partial charge in [-0.15, -0.1) is 21.5 Å². The first kappa shape index (κ1) is 79.7. The lowest BCUT2D eigenvalue weighted by Crippen LogP contribution is -2.61. The minimum Gasteiger partial charge on any atom is -0.507 e. The number of rotatable bonds is 32. The fraction of sp³-hybridized carbons (Fsp3) is 0.500. The molecule has 0 spiro atoms. The van der Waals surface area contributed by atoms with Gasteiger partial charge in [0.25, 0.3) is 17.7 Å². The van der Waals surface area contributed by atoms with Crippen LogP contribution < -0.4 is 46.9 Å². The van der Waals surface area contributed by atoms with Gasteiger partial charge in [-0.25, -0.2) is 14.6 Å². The molecule has 5 aliphatic rings. The molecule has 3 fully saturated rings. The molecule has 0 unspecified atom stereocenters. The summed E-state index contributed by atoms with van der Waals surface area (Å²) in [5.74, 6) is -2.92. The molecule has 7 atom stereocenters. The molecular weight excluding hydrogens is 1420 g/mol. The standard InChI is InChI=1S/C78H100N16O14S/c1-46(2)69(76(103)93-43-56(95)37-62(93)74(101)82-49(6)53-19-21-54(22-20-53)71-50(7)81-45-109-71)64-39-66(88-108-64)106-35-34-89-30-26-51(27-31-89)40-90-32-33-91-55(41-90)42-94(72-61(91)38-60(86-87-72)57-14-10-11-16-63(57)96)78(105)107-44-52-18-23-58(48(5)36-52)83-73(100)59(15-13-28-80-77(79)104)84-75(102)70(47(3)4)85-65(97)17-9-8-12-29-92-67(98)24-25-68(92)99/h10-11,14,16,18-25,36,38-39,45-47,49,51,55-56,59,62,69-70,95-96H,8-9,12-13,15,17,26-35,37,40-44H2,1-7H3,(H,82,101)(H,83,100)(H,84,102)(H,85,97)(H3,79,80,104)/t49-,55+,56+,59-,62-,69+,70-/m0/s1. The van der Waals surface area contributed by atoms with Crippen LogP contribution in [0, 0.1) is 31.6 Å². The van der Waals surface area contributed by atoms with Crippen LogP contribution in [0.5, 0.6) is 11.6 Å². The summed E-state index contributed by atoms with van der Waals surface area (Å²) in [5.41, 5.74) is 13.3. The lowest BCUT2D eigenvalue weighted by molar-refractivity contribution is -0.141. The highest BCUT2D eigenvalue weighted by Crippen LogP contribution is 2.40. The number of piperazine rings is 1. The average molecular weight is 1520 g/mol. The number of benzene rings is 3. The number of carbonyl (C=O) groups excluding carboxylic acids is 9. The van der Waals surface area contributed by atoms with E-state index in [-0.39, 0.29) is 124 Å². The highest BCUT2D eigenvalue weighted by molar-refractivity contribution is 7.13. The van der Waals surface area contributed by atoms with Gasteiger partial charge in [0, 0.05) is 94.7 Å². The number of aryl methyl sites for hydroxylation is 2. The van der Waals surface area contributed by atoms with Crippen LogP contribution in [0.25, 0.3) is 21.7 Å². The van der Waals surface area contributed by atoms with Crippen LogP contribution in [0.1, 0.15) is 133 Å². The number of likely N-dealkylation sites (tertiary alicyclic amines) is 2. The number of urea groups is 1. The Morgan fingerprint density at radius 2 is 1.55 bits per heavy atom. The van der Waals surface area contributed by atoms with Gasteiger partial charge in [-0.05, 0) is 142 Å². The summed E-state index contributed by atoms with van der Waals surface area (Å²) in [4.78, 5) is 136. The molecule has 31 heteroatoms. The number of carbonyl (C=O) groups is 9. The number of para-hydroxylation sites is 1. The number of hydrogen-bond donors (Lipinski definition) is 8. The van der Waals surface area contributed by atoms with E-state index in [4.69, 9.17) is 19.7 Å². The number of β-amino-alcohol motifs (C(OH)–C–C–N with tert-alkyl or cyclic N) is 1. The number of phenolic OH excluding ortho intramolecular Hbond substituents is 1. The van der Waals surface area contributed by atoms with Crippen LogP contribution in [0.3, 0.4) is 0 Å². The molecule has 9 N–H and O–H groups in total. The summed E-state index contributed by atoms with van der Waals surface area (Å²) in [6.45, 7) is 19.2. The number of fused-ring (bicyclic) bond motifs is 3. The third-order valence-electron chi connectivity index (χ3n) is 20.9. The van der Waals surface area contributed by atoms with Crippen molar-refractivity contribution in [3.63, 3.8) is 0 Å². The van der Waals surface area contributed by atoms with Crippen molar-refractivity contribution in [1.29, 1.82) is 0 Å². The third-order valence-corrected chi connectivity index (χ3v) is 21.9. The van der Waals surface area contributed by atoms with Crippen molar-refractivity contribution in [2.75, 3.05) is 93.7 Å². The molecule has 582 valence electrons. The maximum Gasteiger partial charge on any atom is 0.415 e. The van der Waals surface area contributed by atoms with Gasteiger partial charge in [0.15, 0.2) is 11.6 Å². The number of phenols is 1. The number of thiazole rings is 1. The SMILES string of the molecule is Cc1cc(COC(=O)N2C[C@H]3CN(CC4CCN(CCOc5cc([C@H](C(=O)N6C[C@H](O)C[C@H]6C(=O)N[C@@H](C)c6ccc(-c7scnc7C)cc6)C(C)C)on5)CC4)CCN3c3cc(-c4ccccc4O)nnc32)ccc1NC(=O)[C@H](CCCNC(N)=O)NC(=O)[C@@H](NC(=O)CCCCCN1C(=O)C=CC1=O)C(C)C. The number of imide groups is 1. The molecule has 109 heavy (non-hydrogen) atoms. The Morgan fingerprint density at radius 3 is 2.26 bits per heavy atom. The molecule has 3 aromatic carbocycles. The number of primary amides is 1. The summed E-state index contributed by atoms with van der Waals surface area (Å²) in [6, 6.07) is 19.3. The number of aromatic hydroxyl groups is 1. The Balaban J connectivity index is 0.656. The van der Waals surface area contributed by atoms with Crippen molar-refractivity contribution in [3.05, 3.63) is 125 Å². The number of anilines is 3. The molecule has 8 heterocycles. The quantitative estimate of drug-likeness (QED) is 0.0154. The van der Waals surface area contributed by atoms with E-state index in [1.165, 1.54) is 22.0 Å². The van der Waals surface area contributed by atoms with Gasteiger partial charge >= 0.3 is 12.1 Å². The molecule has 11 rings (SSSR count). The van der Waals surface area contributed by atoms with Crippen molar-refractivity contribution in [3.8, 4) is 33.3 Å². The third kappa shape index (κ3) is 20.3. The van der Waals surface area contributed by atoms with E-state index in [1.807, 2.05) is 69.6 Å². The number of piperidine rings is 1. The first-order valence-electron chi connectivity index (χ1n) is 37.6. The molecule has 0 radical (unpaired) electrons. The zero-order valence-corrected chi connectivity index (χ0v) is 63.6. The highest BCUT2D eigenvalue weighted by atomic mass is 32.1. The van der Waals surface area contributed by atoms with Crippen LogP contribution >= 0.6 is 11.3 Å². The summed E-state index contributed by atoms with van der Waals surface area (Å²) in [6.07, 6.45) is 4.99. The van der Waals surface area contributed by atoms with Gasteiger partial charge in [-0.2, -0.15) is 0 Å². The van der Waals surface area contributed by atoms with Gasteiger partial charge in [0.05, 0.1) is 52.2 Å². The first-order chi connectivity index (χ1) is 52.3. The van der Waals surface area contributed by atoms with Gasteiger partial charge in [0.2, 0.25) is 29.5 Å². The van der Waals surface area contributed by atoms with Gasteiger partial charge in [-0.3, -0.25) is 53.2 Å². The number of amides is 10. The van der Waals surface area contributed by atoms with Crippen molar-refractivity contribution in [1.82, 2.24) is 61.2 Å². The van der Waals surface area contributed by atoms with Crippen LogP contribution in [0.15, 0.2) is 101 Å². The van der Waals surface area contributed by atoms with E-state index in [2.05, 4.69) is 61.6 Å². The Labute approximate surface area is 637 Å². The topological polar surface area (TPSA) is 383 Å². The summed E-state index contributed by atoms with van der Waals surface area (Å²) in [5, 5.41) is 49.2. The van der Waals surface area contributed by atoms with Gasteiger partial charge in [-0.1, -0.05) is 82.6 Å². The second kappa shape index (κ2) is 36.7. The summed E-state index contributed by atoms with van der Waals surface area (Å²) >= 11 is 1.57. The molecule has 0 aliphatic carbocycles. The fourth-order valence-electron chi connectivity index (χ4n) is 14.9. The van der Waals surface area contributed by atoms with Crippen molar-refractivity contribution < 1.29 is 67.4 Å². The Kier molecular flexibility index (Phi) is 26.8. The Hall–Kier alpha value is -10.4. The average Bonchev–Trinajstić information content (AvgIpc) is 1.55. The van der Waals surface area contributed by atoms with E-state index in [0.717, 1.165) is 65.6 Å². The lowest BCUT2D eigenvalue weighted by Gasteiger charge is -2.48. The molecule has 10 amide bonds. The number of unbranched alkanes of at least 4 members (excludes halogenated alkanes) is 2. The molecule has 5 aliphatic heterocycles. The van der Waals surface area contributed by atoms with Crippen molar-refractivity contribution in [2.24, 2.45) is 23.5 Å². The monoisotopic (exact) mass is 1520 g/mol. The van der Waals surface area contributed by atoms with Crippen molar-refractivity contribution in [2.45, 2.75) is 155 Å². The largest absolute Gasteiger partial charge is 0.507 e. The first-order valence-corrected chi connectivity index (χ1v) is 38.5. The number of nitrogens with zero attached hydrogens (tertiary/aromatic N) is 10. The summed E-state index contributed by atoms with van der Waals surface area (Å²) < 4.78 is 18.0. The number of ether oxygens (including phenoxy) is 2. The number of nitrogens with two attached hydrogens (primary N) is 1. The molecule has 3 aromatic heterocycles. The van der Waals surface area contributed by atoms with Crippen LogP contribution in [-0.4, -0.2) is 212 Å². The number of hydrogen-bond acceptors (Lipinski definition) is 22. The minimum absolute atomic E-state index is 0.0124. The molecule has 6 aromatic rings. The van der Waals surface area contributed by atoms with E-state index in [0.29, 0.717) is 96.8 Å². The predicted octanol–water partition coefficient (Wildman–Crippen LogP) is 7.09. The fourth-order valence-corrected chi connectivity index (χ4v) is 15.7. The molecule has 3 saturated heterocycles. The molecule has 30 nitrogen and oxygen atoms in total. The second-order valence-corrected chi connectivity index (χ2v) is 30.4. The zero-order chi connectivity index (χ0) is 77.6. The minimum atomic E-state index is -1.10. The highest BCUT2D eigenvalue weighted by Gasteiger charge is 2.45.